The average molecular weight is 297 g/mol. The molecule has 0 aromatic heterocycles. The molecule has 1 aromatic carbocycles. The van der Waals surface area contributed by atoms with Crippen molar-refractivity contribution in [2.24, 2.45) is 5.92 Å². The lowest BCUT2D eigenvalue weighted by molar-refractivity contribution is -0.121. The van der Waals surface area contributed by atoms with E-state index in [1.807, 2.05) is 12.1 Å². The van der Waals surface area contributed by atoms with Crippen LogP contribution in [0, 0.1) is 12.8 Å². The highest BCUT2D eigenvalue weighted by Crippen LogP contribution is 2.17. The number of benzene rings is 1. The van der Waals surface area contributed by atoms with Crippen LogP contribution in [0.4, 0.5) is 0 Å². The fourth-order valence-electron chi connectivity index (χ4n) is 2.60. The van der Waals surface area contributed by atoms with Gasteiger partial charge in [-0.25, -0.2) is 0 Å². The Balaban J connectivity index is 0.00000200. The van der Waals surface area contributed by atoms with Crippen molar-refractivity contribution in [3.8, 4) is 0 Å². The molecule has 1 amide bonds. The van der Waals surface area contributed by atoms with Crippen molar-refractivity contribution in [1.29, 1.82) is 0 Å². The Kier molecular flexibility index (Phi) is 7.63. The maximum absolute atomic E-state index is 11.8. The van der Waals surface area contributed by atoms with E-state index in [-0.39, 0.29) is 18.3 Å². The van der Waals surface area contributed by atoms with E-state index in [9.17, 15) is 4.79 Å². The van der Waals surface area contributed by atoms with Crippen molar-refractivity contribution in [3.05, 3.63) is 35.4 Å². The molecule has 3 nitrogen and oxygen atoms in total. The molecule has 112 valence electrons. The normalized spacial score (nSPS) is 15.4. The second kappa shape index (κ2) is 8.98. The molecule has 2 N–H and O–H groups in total. The summed E-state index contributed by atoms with van der Waals surface area (Å²) in [4.78, 5) is 11.8. The quantitative estimate of drug-likeness (QED) is 0.877. The van der Waals surface area contributed by atoms with Crippen LogP contribution in [-0.4, -0.2) is 19.0 Å². The molecule has 1 aliphatic heterocycles. The molecule has 0 bridgehead atoms. The molecular weight excluding hydrogens is 272 g/mol. The molecule has 20 heavy (non-hydrogen) atoms. The zero-order chi connectivity index (χ0) is 13.5. The predicted octanol–water partition coefficient (Wildman–Crippen LogP) is 2.81. The second-order valence-corrected chi connectivity index (χ2v) is 5.44. The molecule has 1 fully saturated rings. The Morgan fingerprint density at radius 3 is 2.70 bits per heavy atom. The monoisotopic (exact) mass is 296 g/mol. The molecule has 1 heterocycles. The van der Waals surface area contributed by atoms with E-state index < -0.39 is 0 Å². The number of rotatable bonds is 5. The molecule has 0 radical (unpaired) electrons. The summed E-state index contributed by atoms with van der Waals surface area (Å²) >= 11 is 0. The van der Waals surface area contributed by atoms with Crippen molar-refractivity contribution in [1.82, 2.24) is 10.6 Å². The number of piperidine rings is 1. The number of halogens is 1. The third-order valence-corrected chi connectivity index (χ3v) is 3.98. The molecule has 1 saturated heterocycles. The summed E-state index contributed by atoms with van der Waals surface area (Å²) in [6.07, 6.45) is 4.12. The number of carbonyl (C=O) groups is 1. The van der Waals surface area contributed by atoms with Gasteiger partial charge >= 0.3 is 0 Å². The Hall–Kier alpha value is -1.06. The summed E-state index contributed by atoms with van der Waals surface area (Å²) in [6.45, 7) is 4.94. The molecule has 0 atom stereocenters. The van der Waals surface area contributed by atoms with Crippen molar-refractivity contribution in [2.75, 3.05) is 13.1 Å². The third kappa shape index (κ3) is 5.51. The highest BCUT2D eigenvalue weighted by atomic mass is 35.5. The van der Waals surface area contributed by atoms with E-state index in [4.69, 9.17) is 0 Å². The average Bonchev–Trinajstić information content (AvgIpc) is 2.45. The van der Waals surface area contributed by atoms with Gasteiger partial charge in [-0.1, -0.05) is 24.3 Å². The van der Waals surface area contributed by atoms with Gasteiger partial charge in [0, 0.05) is 13.0 Å². The van der Waals surface area contributed by atoms with Gasteiger partial charge in [0.15, 0.2) is 0 Å². The van der Waals surface area contributed by atoms with Gasteiger partial charge < -0.3 is 10.6 Å². The largest absolute Gasteiger partial charge is 0.352 e. The van der Waals surface area contributed by atoms with E-state index in [2.05, 4.69) is 29.7 Å². The zero-order valence-corrected chi connectivity index (χ0v) is 13.0. The highest BCUT2D eigenvalue weighted by molar-refractivity contribution is 5.85. The van der Waals surface area contributed by atoms with Crippen LogP contribution in [0.1, 0.15) is 36.8 Å². The van der Waals surface area contributed by atoms with Gasteiger partial charge in [0.05, 0.1) is 0 Å². The van der Waals surface area contributed by atoms with Crippen LogP contribution in [0.2, 0.25) is 0 Å². The van der Waals surface area contributed by atoms with Gasteiger partial charge in [-0.15, -0.1) is 12.4 Å². The molecular formula is C16H25ClN2O. The van der Waals surface area contributed by atoms with Gasteiger partial charge in [-0.05, 0) is 56.3 Å². The Labute approximate surface area is 127 Å². The van der Waals surface area contributed by atoms with Crippen LogP contribution in [0.3, 0.4) is 0 Å². The molecule has 1 aromatic rings. The van der Waals surface area contributed by atoms with Gasteiger partial charge in [0.1, 0.15) is 0 Å². The van der Waals surface area contributed by atoms with Crippen LogP contribution < -0.4 is 10.6 Å². The van der Waals surface area contributed by atoms with Crippen LogP contribution in [0.15, 0.2) is 24.3 Å². The van der Waals surface area contributed by atoms with Gasteiger partial charge in [0.2, 0.25) is 5.91 Å². The number of carbonyl (C=O) groups excluding carboxylic acids is 1. The van der Waals surface area contributed by atoms with Gasteiger partial charge in [-0.2, -0.15) is 0 Å². The Bertz CT molecular complexity index is 417. The van der Waals surface area contributed by atoms with Crippen LogP contribution in [0.5, 0.6) is 0 Å². The molecule has 0 unspecified atom stereocenters. The SMILES string of the molecule is Cc1ccccc1CNC(=O)CCC1CCNCC1.Cl. The number of hydrogen-bond donors (Lipinski definition) is 2. The van der Waals surface area contributed by atoms with E-state index >= 15 is 0 Å². The maximum atomic E-state index is 11.8. The lowest BCUT2D eigenvalue weighted by atomic mass is 9.93. The first-order valence-electron chi connectivity index (χ1n) is 7.27. The van der Waals surface area contributed by atoms with Crippen LogP contribution in [0.25, 0.3) is 0 Å². The summed E-state index contributed by atoms with van der Waals surface area (Å²) in [5, 5.41) is 6.38. The predicted molar refractivity (Wildman–Crippen MR) is 85.1 cm³/mol. The van der Waals surface area contributed by atoms with Crippen LogP contribution >= 0.6 is 12.4 Å². The smallest absolute Gasteiger partial charge is 0.220 e. The van der Waals surface area contributed by atoms with Crippen molar-refractivity contribution in [3.63, 3.8) is 0 Å². The topological polar surface area (TPSA) is 41.1 Å². The summed E-state index contributed by atoms with van der Waals surface area (Å²) in [7, 11) is 0. The Morgan fingerprint density at radius 2 is 2.00 bits per heavy atom. The summed E-state index contributed by atoms with van der Waals surface area (Å²) < 4.78 is 0. The molecule has 2 rings (SSSR count). The number of aryl methyl sites for hydroxylation is 1. The summed E-state index contributed by atoms with van der Waals surface area (Å²) in [5.74, 6) is 0.909. The lowest BCUT2D eigenvalue weighted by Crippen LogP contribution is -2.29. The first-order valence-corrected chi connectivity index (χ1v) is 7.27. The molecule has 0 saturated carbocycles. The van der Waals surface area contributed by atoms with E-state index in [1.54, 1.807) is 0 Å². The number of hydrogen-bond acceptors (Lipinski definition) is 2. The maximum Gasteiger partial charge on any atom is 0.220 e. The minimum Gasteiger partial charge on any atom is -0.352 e. The first-order chi connectivity index (χ1) is 9.25. The fourth-order valence-corrected chi connectivity index (χ4v) is 2.60. The minimum absolute atomic E-state index is 0. The van der Waals surface area contributed by atoms with Crippen molar-refractivity contribution >= 4 is 18.3 Å². The standard InChI is InChI=1S/C16H24N2O.ClH/c1-13-4-2-3-5-15(13)12-18-16(19)7-6-14-8-10-17-11-9-14;/h2-5,14,17H,6-12H2,1H3,(H,18,19);1H. The van der Waals surface area contributed by atoms with Crippen molar-refractivity contribution in [2.45, 2.75) is 39.2 Å². The minimum atomic E-state index is 0. The molecule has 4 heteroatoms. The van der Waals surface area contributed by atoms with Gasteiger partial charge in [0.25, 0.3) is 0 Å². The van der Waals surface area contributed by atoms with Gasteiger partial charge in [-0.3, -0.25) is 4.79 Å². The second-order valence-electron chi connectivity index (χ2n) is 5.44. The van der Waals surface area contributed by atoms with E-state index in [0.29, 0.717) is 13.0 Å². The van der Waals surface area contributed by atoms with E-state index in [1.165, 1.54) is 24.0 Å². The molecule has 1 aliphatic rings. The molecule has 0 aliphatic carbocycles. The number of amides is 1. The molecule has 0 spiro atoms. The Morgan fingerprint density at radius 1 is 1.30 bits per heavy atom. The third-order valence-electron chi connectivity index (χ3n) is 3.98. The first kappa shape index (κ1) is 17.0. The fraction of sp³-hybridized carbons (Fsp3) is 0.562. The highest BCUT2D eigenvalue weighted by Gasteiger charge is 2.14. The summed E-state index contributed by atoms with van der Waals surface area (Å²) in [5.41, 5.74) is 2.44. The number of nitrogens with one attached hydrogen (secondary N) is 2. The lowest BCUT2D eigenvalue weighted by Gasteiger charge is -2.22. The zero-order valence-electron chi connectivity index (χ0n) is 12.2. The van der Waals surface area contributed by atoms with Crippen molar-refractivity contribution < 1.29 is 4.79 Å². The van der Waals surface area contributed by atoms with E-state index in [0.717, 1.165) is 25.4 Å². The van der Waals surface area contributed by atoms with Crippen LogP contribution in [-0.2, 0) is 11.3 Å². The summed E-state index contributed by atoms with van der Waals surface area (Å²) in [6, 6.07) is 8.19.